The van der Waals surface area contributed by atoms with E-state index in [1.807, 2.05) is 6.07 Å². The van der Waals surface area contributed by atoms with E-state index in [1.165, 1.54) is 6.07 Å². The molecular weight excluding hydrogens is 258 g/mol. The number of piperidine rings is 1. The summed E-state index contributed by atoms with van der Waals surface area (Å²) in [6, 6.07) is 6.85. The van der Waals surface area contributed by atoms with Gasteiger partial charge in [-0.1, -0.05) is 0 Å². The summed E-state index contributed by atoms with van der Waals surface area (Å²) in [5.41, 5.74) is 1.31. The second-order valence-corrected chi connectivity index (χ2v) is 5.00. The summed E-state index contributed by atoms with van der Waals surface area (Å²) in [7, 11) is 0. The Morgan fingerprint density at radius 1 is 1.40 bits per heavy atom. The zero-order chi connectivity index (χ0) is 14.1. The fourth-order valence-electron chi connectivity index (χ4n) is 2.74. The van der Waals surface area contributed by atoms with Crippen LogP contribution in [0.1, 0.15) is 12.8 Å². The van der Waals surface area contributed by atoms with Crippen molar-refractivity contribution in [3.05, 3.63) is 40.6 Å². The topological polar surface area (TPSA) is 79.5 Å². The number of aliphatic hydroxyl groups excluding tert-OH is 1. The Hall–Kier alpha value is -2.21. The van der Waals surface area contributed by atoms with Crippen molar-refractivity contribution >= 4 is 22.3 Å². The van der Waals surface area contributed by atoms with Crippen LogP contribution >= 0.6 is 0 Å². The Bertz CT molecular complexity index is 659. The van der Waals surface area contributed by atoms with Crippen LogP contribution < -0.4 is 4.90 Å². The van der Waals surface area contributed by atoms with E-state index < -0.39 is 4.92 Å². The molecule has 6 heteroatoms. The number of nitro benzene ring substituents is 1. The van der Waals surface area contributed by atoms with Gasteiger partial charge in [0.1, 0.15) is 5.52 Å². The number of aliphatic hydroxyl groups is 1. The molecule has 3 rings (SSSR count). The van der Waals surface area contributed by atoms with Crippen LogP contribution in [0.2, 0.25) is 0 Å². The maximum absolute atomic E-state index is 11.1. The Labute approximate surface area is 115 Å². The molecule has 0 saturated carbocycles. The van der Waals surface area contributed by atoms with E-state index >= 15 is 0 Å². The standard InChI is InChI=1S/C14H15N3O3/c18-10-3-2-8-16(9-10)12-5-6-13(17(19)20)14-11(12)4-1-7-15-14/h1,4-7,10,18H,2-3,8-9H2. The average Bonchev–Trinajstić information content (AvgIpc) is 2.46. The molecule has 104 valence electrons. The van der Waals surface area contributed by atoms with Crippen molar-refractivity contribution in [3.8, 4) is 0 Å². The normalized spacial score (nSPS) is 19.2. The molecule has 1 unspecified atom stereocenters. The maximum Gasteiger partial charge on any atom is 0.295 e. The molecule has 0 amide bonds. The zero-order valence-corrected chi connectivity index (χ0v) is 10.9. The first kappa shape index (κ1) is 12.8. The molecule has 1 saturated heterocycles. The van der Waals surface area contributed by atoms with Gasteiger partial charge in [0, 0.05) is 36.4 Å². The van der Waals surface area contributed by atoms with E-state index in [0.29, 0.717) is 12.1 Å². The van der Waals surface area contributed by atoms with Gasteiger partial charge < -0.3 is 10.0 Å². The monoisotopic (exact) mass is 273 g/mol. The molecule has 2 heterocycles. The van der Waals surface area contributed by atoms with Gasteiger partial charge >= 0.3 is 0 Å². The number of non-ortho nitro benzene ring substituents is 1. The highest BCUT2D eigenvalue weighted by Gasteiger charge is 2.22. The number of benzene rings is 1. The Morgan fingerprint density at radius 2 is 2.25 bits per heavy atom. The summed E-state index contributed by atoms with van der Waals surface area (Å²) in [5.74, 6) is 0. The van der Waals surface area contributed by atoms with Crippen molar-refractivity contribution in [2.45, 2.75) is 18.9 Å². The van der Waals surface area contributed by atoms with Crippen LogP contribution in [0.25, 0.3) is 10.9 Å². The van der Waals surface area contributed by atoms with Gasteiger partial charge in [-0.05, 0) is 31.0 Å². The summed E-state index contributed by atoms with van der Waals surface area (Å²) in [4.78, 5) is 16.9. The molecule has 2 aromatic rings. The van der Waals surface area contributed by atoms with Crippen molar-refractivity contribution < 1.29 is 10.0 Å². The van der Waals surface area contributed by atoms with Crippen LogP contribution in [0.5, 0.6) is 0 Å². The minimum absolute atomic E-state index is 0.0157. The molecule has 1 atom stereocenters. The molecule has 1 N–H and O–H groups in total. The molecular formula is C14H15N3O3. The molecule has 1 aromatic heterocycles. The van der Waals surface area contributed by atoms with Gasteiger partial charge in [0.2, 0.25) is 0 Å². The van der Waals surface area contributed by atoms with Gasteiger partial charge in [0.15, 0.2) is 0 Å². The quantitative estimate of drug-likeness (QED) is 0.669. The predicted molar refractivity (Wildman–Crippen MR) is 75.9 cm³/mol. The predicted octanol–water partition coefficient (Wildman–Crippen LogP) is 2.10. The summed E-state index contributed by atoms with van der Waals surface area (Å²) in [6.45, 7) is 1.40. The molecule has 1 aliphatic rings. The van der Waals surface area contributed by atoms with Crippen LogP contribution in [0.15, 0.2) is 30.5 Å². The summed E-state index contributed by atoms with van der Waals surface area (Å²) >= 11 is 0. The Balaban J connectivity index is 2.12. The van der Waals surface area contributed by atoms with Crippen LogP contribution in [-0.2, 0) is 0 Å². The third-order valence-corrected chi connectivity index (χ3v) is 3.66. The van der Waals surface area contributed by atoms with Crippen molar-refractivity contribution in [2.24, 2.45) is 0 Å². The van der Waals surface area contributed by atoms with E-state index in [4.69, 9.17) is 0 Å². The molecule has 0 aliphatic carbocycles. The fourth-order valence-corrected chi connectivity index (χ4v) is 2.74. The number of nitrogens with zero attached hydrogens (tertiary/aromatic N) is 3. The molecule has 0 spiro atoms. The van der Waals surface area contributed by atoms with Crippen molar-refractivity contribution in [2.75, 3.05) is 18.0 Å². The number of nitro groups is 1. The number of anilines is 1. The number of hydrogen-bond donors (Lipinski definition) is 1. The first-order valence-corrected chi connectivity index (χ1v) is 6.62. The minimum Gasteiger partial charge on any atom is -0.391 e. The zero-order valence-electron chi connectivity index (χ0n) is 10.9. The highest BCUT2D eigenvalue weighted by molar-refractivity contribution is 5.97. The van der Waals surface area contributed by atoms with E-state index in [9.17, 15) is 15.2 Å². The van der Waals surface area contributed by atoms with E-state index in [1.54, 1.807) is 18.3 Å². The number of hydrogen-bond acceptors (Lipinski definition) is 5. The number of pyridine rings is 1. The van der Waals surface area contributed by atoms with Crippen LogP contribution in [0, 0.1) is 10.1 Å². The first-order chi connectivity index (χ1) is 9.66. The van der Waals surface area contributed by atoms with Crippen LogP contribution in [-0.4, -0.2) is 34.2 Å². The van der Waals surface area contributed by atoms with Crippen LogP contribution in [0.4, 0.5) is 11.4 Å². The fraction of sp³-hybridized carbons (Fsp3) is 0.357. The lowest BCUT2D eigenvalue weighted by Crippen LogP contribution is -2.38. The molecule has 20 heavy (non-hydrogen) atoms. The number of aromatic nitrogens is 1. The molecule has 1 aliphatic heterocycles. The molecule has 0 bridgehead atoms. The smallest absolute Gasteiger partial charge is 0.295 e. The summed E-state index contributed by atoms with van der Waals surface area (Å²) < 4.78 is 0. The van der Waals surface area contributed by atoms with E-state index in [-0.39, 0.29) is 11.8 Å². The van der Waals surface area contributed by atoms with Gasteiger partial charge in [-0.2, -0.15) is 0 Å². The number of β-amino-alcohol motifs (C(OH)–C–C–N with tert-alkyl or cyclic N) is 1. The molecule has 1 aromatic carbocycles. The number of fused-ring (bicyclic) bond motifs is 1. The summed E-state index contributed by atoms with van der Waals surface area (Å²) in [5, 5.41) is 21.6. The lowest BCUT2D eigenvalue weighted by molar-refractivity contribution is -0.383. The lowest BCUT2D eigenvalue weighted by Gasteiger charge is -2.32. The molecule has 6 nitrogen and oxygen atoms in total. The van der Waals surface area contributed by atoms with E-state index in [0.717, 1.165) is 30.5 Å². The molecule has 1 fully saturated rings. The Kier molecular flexibility index (Phi) is 3.23. The van der Waals surface area contributed by atoms with Crippen molar-refractivity contribution in [1.29, 1.82) is 0 Å². The van der Waals surface area contributed by atoms with Gasteiger partial charge in [0.25, 0.3) is 5.69 Å². The second-order valence-electron chi connectivity index (χ2n) is 5.00. The minimum atomic E-state index is -0.413. The SMILES string of the molecule is O=[N+]([O-])c1ccc(N2CCCC(O)C2)c2cccnc12. The van der Waals surface area contributed by atoms with Gasteiger partial charge in [-0.3, -0.25) is 10.1 Å². The van der Waals surface area contributed by atoms with Gasteiger partial charge in [-0.25, -0.2) is 4.98 Å². The van der Waals surface area contributed by atoms with Gasteiger partial charge in [0.05, 0.1) is 11.0 Å². The third-order valence-electron chi connectivity index (χ3n) is 3.66. The largest absolute Gasteiger partial charge is 0.391 e. The van der Waals surface area contributed by atoms with E-state index in [2.05, 4.69) is 9.88 Å². The highest BCUT2D eigenvalue weighted by Crippen LogP contribution is 2.33. The van der Waals surface area contributed by atoms with Crippen LogP contribution in [0.3, 0.4) is 0 Å². The maximum atomic E-state index is 11.1. The summed E-state index contributed by atoms with van der Waals surface area (Å²) in [6.07, 6.45) is 2.94. The second kappa shape index (κ2) is 5.05. The lowest BCUT2D eigenvalue weighted by atomic mass is 10.1. The average molecular weight is 273 g/mol. The van der Waals surface area contributed by atoms with Crippen molar-refractivity contribution in [1.82, 2.24) is 4.98 Å². The van der Waals surface area contributed by atoms with Crippen molar-refractivity contribution in [3.63, 3.8) is 0 Å². The number of rotatable bonds is 2. The first-order valence-electron chi connectivity index (χ1n) is 6.62. The highest BCUT2D eigenvalue weighted by atomic mass is 16.6. The Morgan fingerprint density at radius 3 is 3.00 bits per heavy atom. The molecule has 0 radical (unpaired) electrons. The third kappa shape index (κ3) is 2.18. The van der Waals surface area contributed by atoms with Gasteiger partial charge in [-0.15, -0.1) is 0 Å².